The molecule has 0 atom stereocenters. The van der Waals surface area contributed by atoms with E-state index in [0.717, 1.165) is 16.7 Å². The normalized spacial score (nSPS) is 13.3. The fourth-order valence-corrected chi connectivity index (χ4v) is 3.93. The third-order valence-corrected chi connectivity index (χ3v) is 5.71. The smallest absolute Gasteiger partial charge is 0.254 e. The summed E-state index contributed by atoms with van der Waals surface area (Å²) in [6.07, 6.45) is 0.445. The second-order valence-corrected chi connectivity index (χ2v) is 7.75. The number of aryl methyl sites for hydroxylation is 1. The molecule has 1 aliphatic heterocycles. The zero-order valence-corrected chi connectivity index (χ0v) is 17.6. The molecule has 4 rings (SSSR count). The van der Waals surface area contributed by atoms with E-state index in [4.69, 9.17) is 10.5 Å². The molecule has 3 aromatic carbocycles. The number of fused-ring (bicyclic) bond motifs is 1. The van der Waals surface area contributed by atoms with Crippen molar-refractivity contribution in [3.8, 4) is 22.6 Å². The molecule has 0 unspecified atom stereocenters. The second-order valence-electron chi connectivity index (χ2n) is 7.75. The lowest BCUT2D eigenvalue weighted by molar-refractivity contribution is 0.0731. The first-order valence-corrected chi connectivity index (χ1v) is 10.3. The molecular formula is C25H25FN2O3. The van der Waals surface area contributed by atoms with Gasteiger partial charge in [-0.25, -0.2) is 4.39 Å². The Morgan fingerprint density at radius 1 is 1.16 bits per heavy atom. The number of nitrogens with zero attached hydrogens (tertiary/aromatic N) is 1. The van der Waals surface area contributed by atoms with Crippen molar-refractivity contribution in [3.05, 3.63) is 76.6 Å². The van der Waals surface area contributed by atoms with Gasteiger partial charge in [-0.05, 0) is 60.4 Å². The quantitative estimate of drug-likeness (QED) is 0.476. The Morgan fingerprint density at radius 3 is 2.65 bits per heavy atom. The number of aromatic hydroxyl groups is 1. The zero-order valence-electron chi connectivity index (χ0n) is 17.6. The summed E-state index contributed by atoms with van der Waals surface area (Å²) in [5, 5.41) is 9.94. The van der Waals surface area contributed by atoms with Crippen molar-refractivity contribution in [2.75, 3.05) is 18.9 Å². The highest BCUT2D eigenvalue weighted by atomic mass is 19.1. The number of hydrogen-bond acceptors (Lipinski definition) is 4. The number of anilines is 1. The highest BCUT2D eigenvalue weighted by molar-refractivity contribution is 5.96. The third-order valence-electron chi connectivity index (χ3n) is 5.71. The van der Waals surface area contributed by atoms with Gasteiger partial charge in [-0.15, -0.1) is 0 Å². The largest absolute Gasteiger partial charge is 0.506 e. The van der Waals surface area contributed by atoms with Crippen molar-refractivity contribution in [3.63, 3.8) is 0 Å². The van der Waals surface area contributed by atoms with Gasteiger partial charge in [-0.3, -0.25) is 4.79 Å². The van der Waals surface area contributed by atoms with Crippen LogP contribution in [0.4, 0.5) is 10.1 Å². The molecule has 6 heteroatoms. The number of hydrogen-bond donors (Lipinski definition) is 2. The number of carbonyl (C=O) groups excluding carboxylic acids is 1. The van der Waals surface area contributed by atoms with Crippen molar-refractivity contribution >= 4 is 11.6 Å². The van der Waals surface area contributed by atoms with E-state index in [0.29, 0.717) is 54.2 Å². The molecule has 0 radical (unpaired) electrons. The van der Waals surface area contributed by atoms with Crippen LogP contribution in [0.5, 0.6) is 11.5 Å². The van der Waals surface area contributed by atoms with Crippen molar-refractivity contribution in [2.24, 2.45) is 0 Å². The Kier molecular flexibility index (Phi) is 5.55. The van der Waals surface area contributed by atoms with Crippen LogP contribution >= 0.6 is 0 Å². The van der Waals surface area contributed by atoms with Crippen LogP contribution in [0, 0.1) is 12.7 Å². The van der Waals surface area contributed by atoms with Crippen LogP contribution in [-0.2, 0) is 13.0 Å². The maximum absolute atomic E-state index is 14.6. The summed E-state index contributed by atoms with van der Waals surface area (Å²) in [7, 11) is 0. The molecule has 0 bridgehead atoms. The summed E-state index contributed by atoms with van der Waals surface area (Å²) in [5.41, 5.74) is 9.94. The molecular weight excluding hydrogens is 395 g/mol. The van der Waals surface area contributed by atoms with Crippen molar-refractivity contribution < 1.29 is 19.0 Å². The van der Waals surface area contributed by atoms with Gasteiger partial charge in [-0.1, -0.05) is 25.1 Å². The number of rotatable bonds is 3. The number of nitrogen functional groups attached to an aromatic ring is 1. The maximum atomic E-state index is 14.6. The Hall–Kier alpha value is -3.54. The van der Waals surface area contributed by atoms with E-state index in [1.165, 1.54) is 0 Å². The molecule has 1 aliphatic rings. The molecule has 3 aromatic rings. The Labute approximate surface area is 180 Å². The third kappa shape index (κ3) is 3.93. The Morgan fingerprint density at radius 2 is 1.90 bits per heavy atom. The van der Waals surface area contributed by atoms with E-state index in [1.807, 2.05) is 31.2 Å². The fourth-order valence-electron chi connectivity index (χ4n) is 3.93. The number of nitrogens with two attached hydrogens (primary N) is 1. The minimum absolute atomic E-state index is 0.0222. The Bertz CT molecular complexity index is 1160. The molecule has 0 spiro atoms. The zero-order chi connectivity index (χ0) is 22.1. The lowest BCUT2D eigenvalue weighted by Gasteiger charge is -2.22. The minimum atomic E-state index is -0.315. The highest BCUT2D eigenvalue weighted by Crippen LogP contribution is 2.33. The van der Waals surface area contributed by atoms with Crippen LogP contribution < -0.4 is 10.5 Å². The summed E-state index contributed by atoms with van der Waals surface area (Å²) < 4.78 is 20.4. The lowest BCUT2D eigenvalue weighted by atomic mass is 9.99. The van der Waals surface area contributed by atoms with Gasteiger partial charge in [-0.2, -0.15) is 0 Å². The summed E-state index contributed by atoms with van der Waals surface area (Å²) >= 11 is 0. The van der Waals surface area contributed by atoms with Gasteiger partial charge < -0.3 is 20.5 Å². The van der Waals surface area contributed by atoms with Gasteiger partial charge in [0.05, 0.1) is 12.2 Å². The fraction of sp³-hybridized carbons (Fsp3) is 0.240. The lowest BCUT2D eigenvalue weighted by Crippen LogP contribution is -2.33. The summed E-state index contributed by atoms with van der Waals surface area (Å²) in [6.45, 7) is 4.67. The predicted molar refractivity (Wildman–Crippen MR) is 119 cm³/mol. The van der Waals surface area contributed by atoms with Crippen molar-refractivity contribution in [1.82, 2.24) is 4.90 Å². The van der Waals surface area contributed by atoms with E-state index in [2.05, 4.69) is 0 Å². The maximum Gasteiger partial charge on any atom is 0.254 e. The molecule has 0 saturated heterocycles. The minimum Gasteiger partial charge on any atom is -0.506 e. The number of carbonyl (C=O) groups is 1. The molecule has 1 amide bonds. The summed E-state index contributed by atoms with van der Waals surface area (Å²) in [4.78, 5) is 15.0. The number of benzene rings is 3. The van der Waals surface area contributed by atoms with Crippen LogP contribution in [-0.4, -0.2) is 29.1 Å². The SMILES string of the molecule is CCc1c(C(=O)N2CCOc3ccc(-c4ccc(N)c(O)c4)cc3C2)ccc(C)c1F. The number of phenols is 1. The van der Waals surface area contributed by atoms with E-state index >= 15 is 0 Å². The standard InChI is InChI=1S/C25H25FN2O3/c1-3-19-20(7-4-15(2)24(19)26)25(30)28-10-11-31-23-9-6-16(12-18(23)14-28)17-5-8-21(27)22(29)13-17/h4-9,12-13,29H,3,10-11,14,27H2,1-2H3. The first kappa shape index (κ1) is 20.7. The molecule has 1 heterocycles. The molecule has 31 heavy (non-hydrogen) atoms. The van der Waals surface area contributed by atoms with Crippen LogP contribution in [0.15, 0.2) is 48.5 Å². The van der Waals surface area contributed by atoms with Gasteiger partial charge >= 0.3 is 0 Å². The van der Waals surface area contributed by atoms with E-state index in [9.17, 15) is 14.3 Å². The second kappa shape index (κ2) is 8.30. The average Bonchev–Trinajstić information content (AvgIpc) is 2.98. The monoisotopic (exact) mass is 420 g/mol. The van der Waals surface area contributed by atoms with Gasteiger partial charge in [0.2, 0.25) is 0 Å². The molecule has 5 nitrogen and oxygen atoms in total. The van der Waals surface area contributed by atoms with Gasteiger partial charge in [0.1, 0.15) is 23.9 Å². The van der Waals surface area contributed by atoms with E-state index < -0.39 is 0 Å². The van der Waals surface area contributed by atoms with Crippen LogP contribution in [0.2, 0.25) is 0 Å². The number of ether oxygens (including phenoxy) is 1. The van der Waals surface area contributed by atoms with Crippen LogP contribution in [0.1, 0.15) is 34.0 Å². The first-order valence-electron chi connectivity index (χ1n) is 10.3. The predicted octanol–water partition coefficient (Wildman–Crippen LogP) is 4.69. The molecule has 0 aromatic heterocycles. The molecule has 0 aliphatic carbocycles. The molecule has 3 N–H and O–H groups in total. The average molecular weight is 420 g/mol. The topological polar surface area (TPSA) is 75.8 Å². The number of amides is 1. The van der Waals surface area contributed by atoms with Gasteiger partial charge in [0.25, 0.3) is 5.91 Å². The molecule has 0 saturated carbocycles. The van der Waals surface area contributed by atoms with Gasteiger partial charge in [0, 0.05) is 23.2 Å². The van der Waals surface area contributed by atoms with E-state index in [1.54, 1.807) is 36.1 Å². The summed E-state index contributed by atoms with van der Waals surface area (Å²) in [5.74, 6) is 0.214. The number of halogens is 1. The summed E-state index contributed by atoms with van der Waals surface area (Å²) in [6, 6.07) is 14.2. The molecule has 160 valence electrons. The van der Waals surface area contributed by atoms with Gasteiger partial charge in [0.15, 0.2) is 0 Å². The van der Waals surface area contributed by atoms with Crippen LogP contribution in [0.3, 0.4) is 0 Å². The van der Waals surface area contributed by atoms with Crippen molar-refractivity contribution in [1.29, 1.82) is 0 Å². The van der Waals surface area contributed by atoms with Crippen LogP contribution in [0.25, 0.3) is 11.1 Å². The Balaban J connectivity index is 1.67. The molecule has 0 fully saturated rings. The number of phenolic OH excluding ortho intramolecular Hbond substituents is 1. The highest BCUT2D eigenvalue weighted by Gasteiger charge is 2.24. The first-order chi connectivity index (χ1) is 14.9. The van der Waals surface area contributed by atoms with E-state index in [-0.39, 0.29) is 17.5 Å². The van der Waals surface area contributed by atoms with Crippen molar-refractivity contribution in [2.45, 2.75) is 26.8 Å².